The molecule has 3 heterocycles. The average Bonchev–Trinajstić information content (AvgIpc) is 3.17. The molecule has 2 N–H and O–H groups in total. The van der Waals surface area contributed by atoms with Crippen molar-refractivity contribution in [3.63, 3.8) is 0 Å². The van der Waals surface area contributed by atoms with Crippen molar-refractivity contribution in [2.45, 2.75) is 32.2 Å². The maximum atomic E-state index is 11.7. The smallest absolute Gasteiger partial charge is 0.252 e. The van der Waals surface area contributed by atoms with Gasteiger partial charge in [-0.3, -0.25) is 4.79 Å². The van der Waals surface area contributed by atoms with Crippen molar-refractivity contribution in [3.05, 3.63) is 71.2 Å². The van der Waals surface area contributed by atoms with Crippen molar-refractivity contribution in [1.29, 1.82) is 0 Å². The lowest BCUT2D eigenvalue weighted by Crippen LogP contribution is -2.36. The van der Waals surface area contributed by atoms with Gasteiger partial charge in [-0.05, 0) is 37.5 Å². The standard InChI is InChI=1S/C21H24N6O/c1-15-7-8-19(20(22)28)21(23-15)26-11-9-18(10-12-26)27-14-17(24-25-27)13-16-5-3-2-4-6-16/h2-8,14,18H,9-13H2,1H3,(H2,22,28). The molecule has 0 bridgehead atoms. The van der Waals surface area contributed by atoms with E-state index in [1.165, 1.54) is 5.56 Å². The lowest BCUT2D eigenvalue weighted by molar-refractivity contribution is 0.100. The Morgan fingerprint density at radius 3 is 2.61 bits per heavy atom. The molecule has 0 atom stereocenters. The van der Waals surface area contributed by atoms with Gasteiger partial charge in [-0.25, -0.2) is 9.67 Å². The van der Waals surface area contributed by atoms with Crippen LogP contribution >= 0.6 is 0 Å². The van der Waals surface area contributed by atoms with Crippen LogP contribution in [-0.4, -0.2) is 39.0 Å². The first-order valence-electron chi connectivity index (χ1n) is 9.57. The second-order valence-electron chi connectivity index (χ2n) is 7.26. The summed E-state index contributed by atoms with van der Waals surface area (Å²) in [7, 11) is 0. The molecule has 4 rings (SSSR count). The van der Waals surface area contributed by atoms with E-state index in [0.717, 1.165) is 43.7 Å². The van der Waals surface area contributed by atoms with E-state index in [2.05, 4.69) is 32.3 Å². The molecule has 1 aromatic carbocycles. The first-order valence-corrected chi connectivity index (χ1v) is 9.57. The molecule has 1 saturated heterocycles. The Labute approximate surface area is 164 Å². The maximum absolute atomic E-state index is 11.7. The van der Waals surface area contributed by atoms with Crippen LogP contribution in [0.4, 0.5) is 5.82 Å². The highest BCUT2D eigenvalue weighted by Gasteiger charge is 2.25. The number of nitrogens with zero attached hydrogens (tertiary/aromatic N) is 5. The van der Waals surface area contributed by atoms with Crippen LogP contribution in [0.5, 0.6) is 0 Å². The predicted octanol–water partition coefficient (Wildman–Crippen LogP) is 2.51. The van der Waals surface area contributed by atoms with Crippen molar-refractivity contribution >= 4 is 11.7 Å². The van der Waals surface area contributed by atoms with E-state index in [4.69, 9.17) is 5.73 Å². The molecule has 0 saturated carbocycles. The van der Waals surface area contributed by atoms with Gasteiger partial charge in [-0.15, -0.1) is 5.10 Å². The van der Waals surface area contributed by atoms with Gasteiger partial charge < -0.3 is 10.6 Å². The third-order valence-corrected chi connectivity index (χ3v) is 5.20. The van der Waals surface area contributed by atoms with Gasteiger partial charge in [0.15, 0.2) is 0 Å². The number of rotatable bonds is 5. The summed E-state index contributed by atoms with van der Waals surface area (Å²) in [6, 6.07) is 14.2. The van der Waals surface area contributed by atoms with Crippen molar-refractivity contribution in [3.8, 4) is 0 Å². The lowest BCUT2D eigenvalue weighted by atomic mass is 10.0. The third-order valence-electron chi connectivity index (χ3n) is 5.20. The molecule has 0 aliphatic carbocycles. The summed E-state index contributed by atoms with van der Waals surface area (Å²) >= 11 is 0. The van der Waals surface area contributed by atoms with Crippen LogP contribution in [0.25, 0.3) is 0 Å². The minimum atomic E-state index is -0.438. The zero-order valence-electron chi connectivity index (χ0n) is 16.0. The number of piperidine rings is 1. The van der Waals surface area contributed by atoms with Crippen LogP contribution in [0.3, 0.4) is 0 Å². The van der Waals surface area contributed by atoms with E-state index in [-0.39, 0.29) is 0 Å². The number of carbonyl (C=O) groups is 1. The number of pyridine rings is 1. The number of primary amides is 1. The topological polar surface area (TPSA) is 89.9 Å². The van der Waals surface area contributed by atoms with Crippen LogP contribution in [-0.2, 0) is 6.42 Å². The van der Waals surface area contributed by atoms with Crippen molar-refractivity contribution < 1.29 is 4.79 Å². The summed E-state index contributed by atoms with van der Waals surface area (Å²) in [6.07, 6.45) is 4.67. The highest BCUT2D eigenvalue weighted by Crippen LogP contribution is 2.27. The first kappa shape index (κ1) is 18.2. The van der Waals surface area contributed by atoms with Crippen molar-refractivity contribution in [2.75, 3.05) is 18.0 Å². The molecule has 7 nitrogen and oxygen atoms in total. The summed E-state index contributed by atoms with van der Waals surface area (Å²) < 4.78 is 1.98. The van der Waals surface area contributed by atoms with E-state index in [9.17, 15) is 4.79 Å². The fraction of sp³-hybridized carbons (Fsp3) is 0.333. The highest BCUT2D eigenvalue weighted by atomic mass is 16.1. The Bertz CT molecular complexity index is 960. The summed E-state index contributed by atoms with van der Waals surface area (Å²) in [6.45, 7) is 3.52. The van der Waals surface area contributed by atoms with E-state index in [0.29, 0.717) is 17.4 Å². The normalized spacial score (nSPS) is 15.0. The fourth-order valence-electron chi connectivity index (χ4n) is 3.70. The summed E-state index contributed by atoms with van der Waals surface area (Å²) in [4.78, 5) is 18.4. The number of nitrogens with two attached hydrogens (primary N) is 1. The van der Waals surface area contributed by atoms with Crippen LogP contribution in [0.2, 0.25) is 0 Å². The van der Waals surface area contributed by atoms with Crippen LogP contribution in [0.15, 0.2) is 48.7 Å². The molecule has 0 spiro atoms. The molecule has 3 aromatic rings. The first-order chi connectivity index (χ1) is 13.6. The quantitative estimate of drug-likeness (QED) is 0.739. The number of aryl methyl sites for hydroxylation is 1. The molecule has 2 aromatic heterocycles. The summed E-state index contributed by atoms with van der Waals surface area (Å²) in [5.41, 5.74) is 9.10. The van der Waals surface area contributed by atoms with Gasteiger partial charge in [0.05, 0.1) is 17.3 Å². The molecule has 28 heavy (non-hydrogen) atoms. The van der Waals surface area contributed by atoms with Gasteiger partial charge in [0, 0.05) is 31.4 Å². The van der Waals surface area contributed by atoms with Crippen LogP contribution < -0.4 is 10.6 Å². The number of amides is 1. The maximum Gasteiger partial charge on any atom is 0.252 e. The van der Waals surface area contributed by atoms with Crippen molar-refractivity contribution in [1.82, 2.24) is 20.0 Å². The number of hydrogen-bond acceptors (Lipinski definition) is 5. The number of aromatic nitrogens is 4. The molecule has 7 heteroatoms. The number of benzene rings is 1. The van der Waals surface area contributed by atoms with Gasteiger partial charge in [0.25, 0.3) is 5.91 Å². The van der Waals surface area contributed by atoms with Crippen LogP contribution in [0.1, 0.15) is 46.2 Å². The Morgan fingerprint density at radius 1 is 1.14 bits per heavy atom. The average molecular weight is 376 g/mol. The molecule has 144 valence electrons. The Balaban J connectivity index is 1.42. The molecule has 1 amide bonds. The highest BCUT2D eigenvalue weighted by molar-refractivity contribution is 5.97. The van der Waals surface area contributed by atoms with Gasteiger partial charge in [-0.2, -0.15) is 0 Å². The molecular formula is C21H24N6O. The molecular weight excluding hydrogens is 352 g/mol. The Kier molecular flexibility index (Phi) is 5.06. The molecule has 1 aliphatic rings. The molecule has 1 fully saturated rings. The van der Waals surface area contributed by atoms with E-state index in [1.54, 1.807) is 6.07 Å². The zero-order chi connectivity index (χ0) is 19.5. The predicted molar refractivity (Wildman–Crippen MR) is 107 cm³/mol. The van der Waals surface area contributed by atoms with E-state index < -0.39 is 5.91 Å². The zero-order valence-corrected chi connectivity index (χ0v) is 16.0. The minimum Gasteiger partial charge on any atom is -0.365 e. The van der Waals surface area contributed by atoms with Crippen LogP contribution in [0, 0.1) is 6.92 Å². The number of anilines is 1. The minimum absolute atomic E-state index is 0.301. The SMILES string of the molecule is Cc1ccc(C(N)=O)c(N2CCC(n3cc(Cc4ccccc4)nn3)CC2)n1. The van der Waals surface area contributed by atoms with E-state index in [1.807, 2.05) is 42.1 Å². The van der Waals surface area contributed by atoms with Gasteiger partial charge in [0.1, 0.15) is 5.82 Å². The molecule has 0 unspecified atom stereocenters. The Morgan fingerprint density at radius 2 is 1.89 bits per heavy atom. The van der Waals surface area contributed by atoms with Gasteiger partial charge in [0.2, 0.25) is 0 Å². The number of hydrogen-bond donors (Lipinski definition) is 1. The fourth-order valence-corrected chi connectivity index (χ4v) is 3.70. The second-order valence-corrected chi connectivity index (χ2v) is 7.26. The second kappa shape index (κ2) is 7.80. The molecule has 0 radical (unpaired) electrons. The Hall–Kier alpha value is -3.22. The van der Waals surface area contributed by atoms with Crippen molar-refractivity contribution in [2.24, 2.45) is 5.73 Å². The van der Waals surface area contributed by atoms with Gasteiger partial charge in [-0.1, -0.05) is 35.5 Å². The third kappa shape index (κ3) is 3.88. The lowest BCUT2D eigenvalue weighted by Gasteiger charge is -2.33. The van der Waals surface area contributed by atoms with E-state index >= 15 is 0 Å². The molecule has 1 aliphatic heterocycles. The largest absolute Gasteiger partial charge is 0.365 e. The van der Waals surface area contributed by atoms with Gasteiger partial charge >= 0.3 is 0 Å². The summed E-state index contributed by atoms with van der Waals surface area (Å²) in [5.74, 6) is 0.251. The monoisotopic (exact) mass is 376 g/mol. The number of carbonyl (C=O) groups excluding carboxylic acids is 1. The summed E-state index contributed by atoms with van der Waals surface area (Å²) in [5, 5.41) is 8.69.